The fourth-order valence-electron chi connectivity index (χ4n) is 1.63. The smallest absolute Gasteiger partial charge is 0.253 e. The van der Waals surface area contributed by atoms with Gasteiger partial charge in [0.1, 0.15) is 0 Å². The summed E-state index contributed by atoms with van der Waals surface area (Å²) in [5, 5.41) is -0.513. The molecule has 1 aliphatic rings. The standard InChI is InChI=1S/C9H6Cl2O3S/c10-8-5-3-4-15(13,14)7(5)2-1-6(8)9(11)12/h1-2H,3-4H2. The minimum Gasteiger partial charge on any atom is -0.276 e. The number of carbonyl (C=O) groups is 1. The van der Waals surface area contributed by atoms with Gasteiger partial charge in [0.25, 0.3) is 5.24 Å². The number of halogens is 2. The van der Waals surface area contributed by atoms with E-state index in [9.17, 15) is 13.2 Å². The van der Waals surface area contributed by atoms with E-state index < -0.39 is 15.1 Å². The molecule has 0 amide bonds. The maximum absolute atomic E-state index is 11.5. The fourth-order valence-corrected chi connectivity index (χ4v) is 3.78. The van der Waals surface area contributed by atoms with Gasteiger partial charge in [-0.05, 0) is 35.7 Å². The number of benzene rings is 1. The molecular weight excluding hydrogens is 259 g/mol. The van der Waals surface area contributed by atoms with Gasteiger partial charge in [-0.1, -0.05) is 11.6 Å². The molecule has 0 aliphatic carbocycles. The van der Waals surface area contributed by atoms with Gasteiger partial charge in [0.15, 0.2) is 9.84 Å². The van der Waals surface area contributed by atoms with E-state index in [1.165, 1.54) is 12.1 Å². The van der Waals surface area contributed by atoms with Gasteiger partial charge >= 0.3 is 0 Å². The summed E-state index contributed by atoms with van der Waals surface area (Å²) in [6.45, 7) is 0. The minimum absolute atomic E-state index is 0.0436. The first-order valence-corrected chi connectivity index (χ1v) is 6.58. The molecule has 0 fully saturated rings. The molecule has 0 N–H and O–H groups in total. The van der Waals surface area contributed by atoms with Gasteiger partial charge in [-0.15, -0.1) is 0 Å². The van der Waals surface area contributed by atoms with Crippen LogP contribution in [0.4, 0.5) is 0 Å². The zero-order valence-electron chi connectivity index (χ0n) is 7.46. The van der Waals surface area contributed by atoms with Crippen LogP contribution in [0.25, 0.3) is 0 Å². The normalized spacial score (nSPS) is 17.5. The summed E-state index contributed by atoms with van der Waals surface area (Å²) >= 11 is 11.2. The van der Waals surface area contributed by atoms with Gasteiger partial charge in [0.2, 0.25) is 0 Å². The maximum atomic E-state index is 11.5. The van der Waals surface area contributed by atoms with Crippen LogP contribution in [-0.4, -0.2) is 19.4 Å². The molecule has 1 aliphatic heterocycles. The summed E-state index contributed by atoms with van der Waals surface area (Å²) in [4.78, 5) is 11.2. The Morgan fingerprint density at radius 3 is 2.60 bits per heavy atom. The van der Waals surface area contributed by atoms with E-state index in [2.05, 4.69) is 0 Å². The van der Waals surface area contributed by atoms with Crippen LogP contribution in [0.2, 0.25) is 5.02 Å². The Balaban J connectivity index is 2.73. The van der Waals surface area contributed by atoms with Crippen molar-refractivity contribution in [1.82, 2.24) is 0 Å². The first-order valence-electron chi connectivity index (χ1n) is 4.17. The highest BCUT2D eigenvalue weighted by Crippen LogP contribution is 2.34. The minimum atomic E-state index is -3.21. The van der Waals surface area contributed by atoms with E-state index >= 15 is 0 Å². The first kappa shape index (κ1) is 10.9. The van der Waals surface area contributed by atoms with Crippen LogP contribution < -0.4 is 0 Å². The number of sulfone groups is 1. The predicted octanol–water partition coefficient (Wildman–Crippen LogP) is 2.05. The van der Waals surface area contributed by atoms with Gasteiger partial charge < -0.3 is 0 Å². The highest BCUT2D eigenvalue weighted by Gasteiger charge is 2.29. The zero-order valence-corrected chi connectivity index (χ0v) is 9.79. The van der Waals surface area contributed by atoms with Crippen molar-refractivity contribution in [3.63, 3.8) is 0 Å². The molecule has 0 spiro atoms. The van der Waals surface area contributed by atoms with Crippen LogP contribution >= 0.6 is 23.2 Å². The largest absolute Gasteiger partial charge is 0.276 e. The number of fused-ring (bicyclic) bond motifs is 1. The molecule has 0 radical (unpaired) electrons. The summed E-state index contributed by atoms with van der Waals surface area (Å²) in [6, 6.07) is 2.73. The summed E-state index contributed by atoms with van der Waals surface area (Å²) in [6.07, 6.45) is 0.342. The molecular formula is C9H6Cl2O3S. The third-order valence-corrected chi connectivity index (χ3v) is 4.80. The van der Waals surface area contributed by atoms with Gasteiger partial charge in [0, 0.05) is 0 Å². The lowest BCUT2D eigenvalue weighted by atomic mass is 10.1. The number of hydrogen-bond acceptors (Lipinski definition) is 3. The highest BCUT2D eigenvalue weighted by molar-refractivity contribution is 7.91. The van der Waals surface area contributed by atoms with Crippen LogP contribution in [0.15, 0.2) is 17.0 Å². The Morgan fingerprint density at radius 2 is 2.00 bits per heavy atom. The van der Waals surface area contributed by atoms with Crippen LogP contribution in [0.1, 0.15) is 15.9 Å². The maximum Gasteiger partial charge on any atom is 0.253 e. The monoisotopic (exact) mass is 264 g/mol. The lowest BCUT2D eigenvalue weighted by molar-refractivity contribution is 0.108. The molecule has 1 aromatic carbocycles. The Morgan fingerprint density at radius 1 is 1.33 bits per heavy atom. The van der Waals surface area contributed by atoms with E-state index in [-0.39, 0.29) is 21.2 Å². The van der Waals surface area contributed by atoms with Gasteiger partial charge in [-0.25, -0.2) is 8.42 Å². The molecule has 3 nitrogen and oxygen atoms in total. The third-order valence-electron chi connectivity index (χ3n) is 2.37. The second kappa shape index (κ2) is 3.47. The topological polar surface area (TPSA) is 51.2 Å². The zero-order chi connectivity index (χ0) is 11.2. The summed E-state index contributed by atoms with van der Waals surface area (Å²) in [5.74, 6) is 0.0436. The predicted molar refractivity (Wildman–Crippen MR) is 57.4 cm³/mol. The first-order chi connectivity index (χ1) is 6.93. The average molecular weight is 265 g/mol. The lowest BCUT2D eigenvalue weighted by Gasteiger charge is -2.04. The molecule has 0 atom stereocenters. The second-order valence-corrected chi connectivity index (χ2v) is 6.05. The molecule has 80 valence electrons. The molecule has 0 unspecified atom stereocenters. The molecule has 0 bridgehead atoms. The van der Waals surface area contributed by atoms with Crippen molar-refractivity contribution >= 4 is 38.3 Å². The lowest BCUT2D eigenvalue weighted by Crippen LogP contribution is -1.99. The average Bonchev–Trinajstić information content (AvgIpc) is 2.43. The third kappa shape index (κ3) is 1.67. The van der Waals surface area contributed by atoms with Crippen LogP contribution in [0.3, 0.4) is 0 Å². The molecule has 0 saturated carbocycles. The Hall–Kier alpha value is -0.580. The Kier molecular flexibility index (Phi) is 2.53. The molecule has 0 saturated heterocycles. The molecule has 0 aromatic heterocycles. The van der Waals surface area contributed by atoms with Crippen LogP contribution in [-0.2, 0) is 16.3 Å². The summed E-state index contributed by atoms with van der Waals surface area (Å²) in [7, 11) is -3.21. The number of carbonyl (C=O) groups excluding carboxylic acids is 1. The van der Waals surface area contributed by atoms with Crippen molar-refractivity contribution in [3.8, 4) is 0 Å². The SMILES string of the molecule is O=C(Cl)c1ccc2c(c1Cl)CCS2(=O)=O. The molecule has 2 rings (SSSR count). The Labute approximate surface area is 96.9 Å². The number of rotatable bonds is 1. The molecule has 1 heterocycles. The van der Waals surface area contributed by atoms with Crippen molar-refractivity contribution in [3.05, 3.63) is 28.3 Å². The van der Waals surface area contributed by atoms with Crippen LogP contribution in [0.5, 0.6) is 0 Å². The molecule has 6 heteroatoms. The van der Waals surface area contributed by atoms with Gasteiger partial charge in [-0.2, -0.15) is 0 Å². The quantitative estimate of drug-likeness (QED) is 0.730. The summed E-state index contributed by atoms with van der Waals surface area (Å²) in [5.41, 5.74) is 0.664. The van der Waals surface area contributed by atoms with E-state index in [4.69, 9.17) is 23.2 Å². The van der Waals surface area contributed by atoms with Crippen molar-refractivity contribution in [1.29, 1.82) is 0 Å². The van der Waals surface area contributed by atoms with Gasteiger partial charge in [-0.3, -0.25) is 4.79 Å². The second-order valence-electron chi connectivity index (χ2n) is 3.25. The van der Waals surface area contributed by atoms with Crippen molar-refractivity contribution in [2.75, 3.05) is 5.75 Å². The van der Waals surface area contributed by atoms with Crippen molar-refractivity contribution < 1.29 is 13.2 Å². The van der Waals surface area contributed by atoms with Crippen molar-refractivity contribution in [2.45, 2.75) is 11.3 Å². The summed E-state index contributed by atoms with van der Waals surface area (Å²) < 4.78 is 23.0. The van der Waals surface area contributed by atoms with E-state index in [1.807, 2.05) is 0 Å². The van der Waals surface area contributed by atoms with E-state index in [1.54, 1.807) is 0 Å². The molecule has 1 aromatic rings. The van der Waals surface area contributed by atoms with E-state index in [0.29, 0.717) is 12.0 Å². The van der Waals surface area contributed by atoms with E-state index in [0.717, 1.165) is 0 Å². The van der Waals surface area contributed by atoms with Crippen molar-refractivity contribution in [2.24, 2.45) is 0 Å². The fraction of sp³-hybridized carbons (Fsp3) is 0.222. The highest BCUT2D eigenvalue weighted by atomic mass is 35.5. The van der Waals surface area contributed by atoms with Gasteiger partial charge in [0.05, 0.1) is 21.2 Å². The van der Waals surface area contributed by atoms with Crippen LogP contribution in [0, 0.1) is 0 Å². The molecule has 15 heavy (non-hydrogen) atoms. The Bertz CT molecular complexity index is 549. The number of hydrogen-bond donors (Lipinski definition) is 0.